The lowest BCUT2D eigenvalue weighted by Gasteiger charge is -2.32. The Hall–Kier alpha value is -3.72. The van der Waals surface area contributed by atoms with E-state index in [1.54, 1.807) is 7.11 Å². The molecule has 0 amide bonds. The second kappa shape index (κ2) is 10.9. The molecule has 36 heavy (non-hydrogen) atoms. The average Bonchev–Trinajstić information content (AvgIpc) is 2.92. The summed E-state index contributed by atoms with van der Waals surface area (Å²) in [5.41, 5.74) is 6.15. The van der Waals surface area contributed by atoms with Gasteiger partial charge in [0, 0.05) is 29.2 Å². The number of aliphatic hydroxyl groups is 1. The lowest BCUT2D eigenvalue weighted by atomic mass is 9.86. The number of hydrogen-bond acceptors (Lipinski definition) is 5. The lowest BCUT2D eigenvalue weighted by Crippen LogP contribution is -2.25. The summed E-state index contributed by atoms with van der Waals surface area (Å²) in [4.78, 5) is 0. The van der Waals surface area contributed by atoms with E-state index in [1.165, 1.54) is 0 Å². The topological polar surface area (TPSA) is 57.2 Å². The zero-order chi connectivity index (χ0) is 24.9. The zero-order valence-corrected chi connectivity index (χ0v) is 20.6. The van der Waals surface area contributed by atoms with Crippen LogP contribution in [0.4, 0.5) is 0 Å². The van der Waals surface area contributed by atoms with Gasteiger partial charge in [-0.2, -0.15) is 0 Å². The average molecular weight is 483 g/mol. The molecule has 2 atom stereocenters. The predicted octanol–water partition coefficient (Wildman–Crippen LogP) is 6.01. The van der Waals surface area contributed by atoms with E-state index in [-0.39, 0.29) is 19.0 Å². The van der Waals surface area contributed by atoms with Crippen molar-refractivity contribution in [3.8, 4) is 29.1 Å². The lowest BCUT2D eigenvalue weighted by molar-refractivity contribution is -0.105. The standard InChI is InChI=1S/C31H30O5/c1-21-27-16-15-26(35-29-10-3-4-18-34-29)20-28(27)36-31(23-13-11-22(12-14-23)7-6-17-32)30(21)24-8-5-9-25(19-24)33-2/h5,8-9,11-16,19-20,29,31-32H,3-4,10,17-18H2,1-2H3. The van der Waals surface area contributed by atoms with Crippen LogP contribution in [0.1, 0.15) is 54.5 Å². The Labute approximate surface area is 212 Å². The molecule has 3 aromatic carbocycles. The summed E-state index contributed by atoms with van der Waals surface area (Å²) in [6.45, 7) is 2.70. The highest BCUT2D eigenvalue weighted by molar-refractivity contribution is 5.95. The third-order valence-electron chi connectivity index (χ3n) is 6.58. The highest BCUT2D eigenvalue weighted by Gasteiger charge is 2.30. The van der Waals surface area contributed by atoms with Crippen molar-refractivity contribution in [3.05, 3.63) is 89.0 Å². The van der Waals surface area contributed by atoms with E-state index >= 15 is 0 Å². The van der Waals surface area contributed by atoms with Gasteiger partial charge in [-0.25, -0.2) is 0 Å². The Bertz CT molecular complexity index is 1310. The molecule has 0 aromatic heterocycles. The number of aliphatic hydroxyl groups excluding tert-OH is 1. The summed E-state index contributed by atoms with van der Waals surface area (Å²) in [5, 5.41) is 9.01. The maximum Gasteiger partial charge on any atom is 0.199 e. The maximum atomic E-state index is 9.01. The normalized spacial score (nSPS) is 19.0. The molecule has 3 aromatic rings. The van der Waals surface area contributed by atoms with Crippen molar-refractivity contribution in [1.82, 2.24) is 0 Å². The van der Waals surface area contributed by atoms with Gasteiger partial charge < -0.3 is 24.1 Å². The Balaban J connectivity index is 1.55. The number of benzene rings is 3. The van der Waals surface area contributed by atoms with Gasteiger partial charge in [0.25, 0.3) is 0 Å². The van der Waals surface area contributed by atoms with Crippen LogP contribution >= 0.6 is 0 Å². The van der Waals surface area contributed by atoms with Gasteiger partial charge in [-0.1, -0.05) is 36.1 Å². The van der Waals surface area contributed by atoms with Gasteiger partial charge in [-0.05, 0) is 72.9 Å². The number of rotatable bonds is 5. The second-order valence-corrected chi connectivity index (χ2v) is 8.92. The molecular formula is C31H30O5. The van der Waals surface area contributed by atoms with Gasteiger partial charge in [-0.3, -0.25) is 0 Å². The van der Waals surface area contributed by atoms with E-state index in [4.69, 9.17) is 24.1 Å². The van der Waals surface area contributed by atoms with Crippen molar-refractivity contribution >= 4 is 11.1 Å². The van der Waals surface area contributed by atoms with E-state index in [1.807, 2.05) is 54.6 Å². The van der Waals surface area contributed by atoms with Crippen LogP contribution in [0.5, 0.6) is 17.2 Å². The summed E-state index contributed by atoms with van der Waals surface area (Å²) in [7, 11) is 1.67. The van der Waals surface area contributed by atoms with Gasteiger partial charge in [0.05, 0.1) is 13.7 Å². The molecule has 2 aliphatic rings. The van der Waals surface area contributed by atoms with Crippen molar-refractivity contribution in [2.75, 3.05) is 20.3 Å². The Morgan fingerprint density at radius 3 is 2.61 bits per heavy atom. The van der Waals surface area contributed by atoms with Crippen LogP contribution in [0.15, 0.2) is 66.7 Å². The molecule has 1 fully saturated rings. The first kappa shape index (κ1) is 24.0. The molecular weight excluding hydrogens is 452 g/mol. The minimum absolute atomic E-state index is 0.164. The van der Waals surface area contributed by atoms with Gasteiger partial charge in [0.15, 0.2) is 6.29 Å². The summed E-state index contributed by atoms with van der Waals surface area (Å²) in [6.07, 6.45) is 2.54. The first-order valence-electron chi connectivity index (χ1n) is 12.3. The molecule has 0 spiro atoms. The van der Waals surface area contributed by atoms with E-state index in [2.05, 4.69) is 30.9 Å². The van der Waals surface area contributed by atoms with Crippen LogP contribution < -0.4 is 14.2 Å². The molecule has 2 unspecified atom stereocenters. The number of allylic oxidation sites excluding steroid dienone is 1. The van der Waals surface area contributed by atoms with E-state index in [0.29, 0.717) is 0 Å². The van der Waals surface area contributed by atoms with Crippen molar-refractivity contribution < 1.29 is 24.1 Å². The third kappa shape index (κ3) is 5.11. The molecule has 2 aliphatic heterocycles. The third-order valence-corrected chi connectivity index (χ3v) is 6.58. The first-order chi connectivity index (χ1) is 17.7. The molecule has 0 aliphatic carbocycles. The molecule has 1 saturated heterocycles. The molecule has 0 bridgehead atoms. The van der Waals surface area contributed by atoms with Crippen molar-refractivity contribution in [3.63, 3.8) is 0 Å². The molecule has 5 nitrogen and oxygen atoms in total. The fourth-order valence-electron chi connectivity index (χ4n) is 4.74. The van der Waals surface area contributed by atoms with Crippen LogP contribution in [0.25, 0.3) is 11.1 Å². The predicted molar refractivity (Wildman–Crippen MR) is 140 cm³/mol. The van der Waals surface area contributed by atoms with Crippen LogP contribution in [-0.2, 0) is 4.74 Å². The zero-order valence-electron chi connectivity index (χ0n) is 20.6. The summed E-state index contributed by atoms with van der Waals surface area (Å²) >= 11 is 0. The van der Waals surface area contributed by atoms with Crippen LogP contribution in [0.2, 0.25) is 0 Å². The van der Waals surface area contributed by atoms with Gasteiger partial charge >= 0.3 is 0 Å². The Morgan fingerprint density at radius 1 is 1.00 bits per heavy atom. The van der Waals surface area contributed by atoms with Crippen LogP contribution in [-0.4, -0.2) is 31.7 Å². The molecule has 184 valence electrons. The Morgan fingerprint density at radius 2 is 1.86 bits per heavy atom. The molecule has 2 heterocycles. The number of ether oxygens (including phenoxy) is 4. The maximum absolute atomic E-state index is 9.01. The number of methoxy groups -OCH3 is 1. The van der Waals surface area contributed by atoms with Crippen LogP contribution in [0.3, 0.4) is 0 Å². The van der Waals surface area contributed by atoms with E-state index < -0.39 is 0 Å². The monoisotopic (exact) mass is 482 g/mol. The molecule has 5 heteroatoms. The molecule has 0 saturated carbocycles. The quantitative estimate of drug-likeness (QED) is 0.452. The van der Waals surface area contributed by atoms with Gasteiger partial charge in [0.2, 0.25) is 0 Å². The molecule has 0 radical (unpaired) electrons. The largest absolute Gasteiger partial charge is 0.497 e. The number of hydrogen-bond donors (Lipinski definition) is 1. The molecule has 1 N–H and O–H groups in total. The minimum Gasteiger partial charge on any atom is -0.497 e. The van der Waals surface area contributed by atoms with Crippen molar-refractivity contribution in [2.24, 2.45) is 0 Å². The van der Waals surface area contributed by atoms with E-state index in [9.17, 15) is 0 Å². The minimum atomic E-state index is -0.328. The summed E-state index contributed by atoms with van der Waals surface area (Å²) in [5.74, 6) is 7.97. The highest BCUT2D eigenvalue weighted by atomic mass is 16.7. The smallest absolute Gasteiger partial charge is 0.199 e. The summed E-state index contributed by atoms with van der Waals surface area (Å²) < 4.78 is 24.1. The van der Waals surface area contributed by atoms with Crippen molar-refractivity contribution in [1.29, 1.82) is 0 Å². The van der Waals surface area contributed by atoms with Gasteiger partial charge in [0.1, 0.15) is 30.0 Å². The SMILES string of the molecule is COc1cccc(C2=C(C)c3ccc(OC4CCCCO4)cc3OC2c2ccc(C#CCO)cc2)c1. The van der Waals surface area contributed by atoms with Crippen LogP contribution in [0, 0.1) is 11.8 Å². The van der Waals surface area contributed by atoms with Gasteiger partial charge in [-0.15, -0.1) is 0 Å². The first-order valence-corrected chi connectivity index (χ1v) is 12.3. The second-order valence-electron chi connectivity index (χ2n) is 8.92. The van der Waals surface area contributed by atoms with Crippen molar-refractivity contribution in [2.45, 2.75) is 38.6 Å². The van der Waals surface area contributed by atoms with E-state index in [0.717, 1.165) is 76.5 Å². The fourth-order valence-corrected chi connectivity index (χ4v) is 4.74. The highest BCUT2D eigenvalue weighted by Crippen LogP contribution is 2.48. The number of fused-ring (bicyclic) bond motifs is 1. The fraction of sp³-hybridized carbons (Fsp3) is 0.290. The summed E-state index contributed by atoms with van der Waals surface area (Å²) in [6, 6.07) is 22.0. The molecule has 5 rings (SSSR count). The Kier molecular flexibility index (Phi) is 7.27.